The van der Waals surface area contributed by atoms with Crippen LogP contribution in [-0.4, -0.2) is 4.62 Å². The molecule has 0 spiro atoms. The SMILES string of the molecule is CCC(C)c1ccccc1N=C(C)Br. The van der Waals surface area contributed by atoms with Crippen LogP contribution in [0.25, 0.3) is 0 Å². The predicted octanol–water partition coefficient (Wildman–Crippen LogP) is 4.64. The molecule has 0 saturated carbocycles. The normalized spacial score (nSPS) is 14.1. The van der Waals surface area contributed by atoms with Crippen LogP contribution in [0.3, 0.4) is 0 Å². The largest absolute Gasteiger partial charge is 0.246 e. The van der Waals surface area contributed by atoms with Gasteiger partial charge in [-0.25, -0.2) is 4.99 Å². The van der Waals surface area contributed by atoms with Gasteiger partial charge in [0.2, 0.25) is 0 Å². The summed E-state index contributed by atoms with van der Waals surface area (Å²) in [5, 5.41) is 0. The van der Waals surface area contributed by atoms with E-state index in [9.17, 15) is 0 Å². The van der Waals surface area contributed by atoms with Gasteiger partial charge >= 0.3 is 0 Å². The molecule has 1 aromatic carbocycles. The minimum atomic E-state index is 0.571. The Morgan fingerprint density at radius 1 is 1.43 bits per heavy atom. The zero-order chi connectivity index (χ0) is 10.6. The number of rotatable bonds is 3. The van der Waals surface area contributed by atoms with Crippen LogP contribution in [0.2, 0.25) is 0 Å². The number of para-hydroxylation sites is 1. The second-order valence-electron chi connectivity index (χ2n) is 3.48. The summed E-state index contributed by atoms with van der Waals surface area (Å²) >= 11 is 3.37. The molecule has 14 heavy (non-hydrogen) atoms. The number of halogens is 1. The second-order valence-corrected chi connectivity index (χ2v) is 4.62. The summed E-state index contributed by atoms with van der Waals surface area (Å²) in [6.45, 7) is 6.39. The first-order valence-corrected chi connectivity index (χ1v) is 5.74. The quantitative estimate of drug-likeness (QED) is 0.696. The number of benzene rings is 1. The van der Waals surface area contributed by atoms with E-state index in [0.717, 1.165) is 16.7 Å². The number of hydrogen-bond donors (Lipinski definition) is 0. The van der Waals surface area contributed by atoms with Crippen LogP contribution < -0.4 is 0 Å². The molecule has 0 aliphatic rings. The van der Waals surface area contributed by atoms with Gasteiger partial charge in [0.25, 0.3) is 0 Å². The third-order valence-electron chi connectivity index (χ3n) is 2.35. The fraction of sp³-hybridized carbons (Fsp3) is 0.417. The lowest BCUT2D eigenvalue weighted by Crippen LogP contribution is -1.91. The minimum absolute atomic E-state index is 0.571. The van der Waals surface area contributed by atoms with E-state index in [-0.39, 0.29) is 0 Å². The molecule has 1 atom stereocenters. The number of hydrogen-bond acceptors (Lipinski definition) is 1. The lowest BCUT2D eigenvalue weighted by atomic mass is 9.97. The Morgan fingerprint density at radius 3 is 2.64 bits per heavy atom. The highest BCUT2D eigenvalue weighted by atomic mass is 79.9. The van der Waals surface area contributed by atoms with E-state index < -0.39 is 0 Å². The lowest BCUT2D eigenvalue weighted by molar-refractivity contribution is 0.734. The van der Waals surface area contributed by atoms with Crippen LogP contribution in [0.15, 0.2) is 29.3 Å². The Labute approximate surface area is 94.4 Å². The Bertz CT molecular complexity index is 327. The summed E-state index contributed by atoms with van der Waals surface area (Å²) in [4.78, 5) is 4.46. The third kappa shape index (κ3) is 2.95. The van der Waals surface area contributed by atoms with Crippen molar-refractivity contribution >= 4 is 26.2 Å². The predicted molar refractivity (Wildman–Crippen MR) is 66.8 cm³/mol. The highest BCUT2D eigenvalue weighted by Crippen LogP contribution is 2.29. The molecule has 0 heterocycles. The van der Waals surface area contributed by atoms with Gasteiger partial charge in [-0.2, -0.15) is 0 Å². The zero-order valence-electron chi connectivity index (χ0n) is 8.92. The van der Waals surface area contributed by atoms with Crippen LogP contribution in [0.5, 0.6) is 0 Å². The molecule has 0 aliphatic heterocycles. The highest BCUT2D eigenvalue weighted by molar-refractivity contribution is 9.18. The molecule has 0 saturated heterocycles. The Kier molecular flexibility index (Phi) is 4.33. The molecular formula is C12H16BrN. The average molecular weight is 254 g/mol. The van der Waals surface area contributed by atoms with E-state index in [4.69, 9.17) is 0 Å². The summed E-state index contributed by atoms with van der Waals surface area (Å²) in [5.74, 6) is 0.571. The van der Waals surface area contributed by atoms with E-state index in [1.165, 1.54) is 5.56 Å². The molecule has 2 heteroatoms. The van der Waals surface area contributed by atoms with Crippen LogP contribution in [0.1, 0.15) is 38.7 Å². The van der Waals surface area contributed by atoms with Crippen molar-refractivity contribution < 1.29 is 0 Å². The summed E-state index contributed by atoms with van der Waals surface area (Å²) < 4.78 is 0.924. The average Bonchev–Trinajstić information content (AvgIpc) is 2.16. The monoisotopic (exact) mass is 253 g/mol. The summed E-state index contributed by atoms with van der Waals surface area (Å²) in [6, 6.07) is 8.32. The van der Waals surface area contributed by atoms with Crippen molar-refractivity contribution in [2.45, 2.75) is 33.1 Å². The van der Waals surface area contributed by atoms with Crippen molar-refractivity contribution in [3.8, 4) is 0 Å². The van der Waals surface area contributed by atoms with Gasteiger partial charge in [0, 0.05) is 0 Å². The minimum Gasteiger partial charge on any atom is -0.246 e. The van der Waals surface area contributed by atoms with Crippen molar-refractivity contribution in [1.82, 2.24) is 0 Å². The van der Waals surface area contributed by atoms with E-state index in [2.05, 4.69) is 53.0 Å². The third-order valence-corrected chi connectivity index (χ3v) is 2.53. The molecule has 0 aromatic heterocycles. The van der Waals surface area contributed by atoms with Crippen LogP contribution >= 0.6 is 15.9 Å². The molecule has 0 fully saturated rings. The van der Waals surface area contributed by atoms with Crippen molar-refractivity contribution in [2.24, 2.45) is 4.99 Å². The maximum absolute atomic E-state index is 4.46. The fourth-order valence-electron chi connectivity index (χ4n) is 1.39. The van der Waals surface area contributed by atoms with Gasteiger partial charge in [-0.15, -0.1) is 0 Å². The molecular weight excluding hydrogens is 238 g/mol. The van der Waals surface area contributed by atoms with Crippen molar-refractivity contribution in [3.05, 3.63) is 29.8 Å². The maximum atomic E-state index is 4.46. The first kappa shape index (κ1) is 11.4. The first-order chi connectivity index (χ1) is 6.65. The number of aliphatic imine (C=N–C) groups is 1. The zero-order valence-corrected chi connectivity index (χ0v) is 10.5. The molecule has 0 N–H and O–H groups in total. The fourth-order valence-corrected chi connectivity index (χ4v) is 1.58. The molecule has 0 bridgehead atoms. The molecule has 1 aromatic rings. The van der Waals surface area contributed by atoms with Crippen molar-refractivity contribution in [3.63, 3.8) is 0 Å². The van der Waals surface area contributed by atoms with Crippen molar-refractivity contribution in [2.75, 3.05) is 0 Å². The molecule has 0 aliphatic carbocycles. The smallest absolute Gasteiger partial charge is 0.0805 e. The highest BCUT2D eigenvalue weighted by Gasteiger charge is 2.07. The van der Waals surface area contributed by atoms with E-state index >= 15 is 0 Å². The topological polar surface area (TPSA) is 12.4 Å². The Hall–Kier alpha value is -0.630. The van der Waals surface area contributed by atoms with Gasteiger partial charge in [0.05, 0.1) is 10.3 Å². The standard InChI is InChI=1S/C12H16BrN/c1-4-9(2)11-7-5-6-8-12(11)14-10(3)13/h5-9H,4H2,1-3H3. The molecule has 0 amide bonds. The Morgan fingerprint density at radius 2 is 2.07 bits per heavy atom. The van der Waals surface area contributed by atoms with E-state index in [0.29, 0.717) is 5.92 Å². The lowest BCUT2D eigenvalue weighted by Gasteiger charge is -2.11. The second kappa shape index (κ2) is 5.30. The molecule has 1 unspecified atom stereocenters. The van der Waals surface area contributed by atoms with Gasteiger partial charge in [-0.3, -0.25) is 0 Å². The van der Waals surface area contributed by atoms with Gasteiger partial charge in [0.1, 0.15) is 0 Å². The molecule has 76 valence electrons. The van der Waals surface area contributed by atoms with Gasteiger partial charge < -0.3 is 0 Å². The van der Waals surface area contributed by atoms with E-state index in [1.54, 1.807) is 0 Å². The van der Waals surface area contributed by atoms with Crippen LogP contribution in [0, 0.1) is 0 Å². The Balaban J connectivity index is 3.09. The summed E-state index contributed by atoms with van der Waals surface area (Å²) in [7, 11) is 0. The van der Waals surface area contributed by atoms with Crippen LogP contribution in [0.4, 0.5) is 5.69 Å². The summed E-state index contributed by atoms with van der Waals surface area (Å²) in [5.41, 5.74) is 2.41. The summed E-state index contributed by atoms with van der Waals surface area (Å²) in [6.07, 6.45) is 1.15. The molecule has 1 nitrogen and oxygen atoms in total. The molecule has 0 radical (unpaired) electrons. The maximum Gasteiger partial charge on any atom is 0.0805 e. The van der Waals surface area contributed by atoms with E-state index in [1.807, 2.05) is 13.0 Å². The van der Waals surface area contributed by atoms with Crippen LogP contribution in [-0.2, 0) is 0 Å². The van der Waals surface area contributed by atoms with Gasteiger partial charge in [-0.05, 0) is 46.8 Å². The van der Waals surface area contributed by atoms with Gasteiger partial charge in [0.15, 0.2) is 0 Å². The first-order valence-electron chi connectivity index (χ1n) is 4.94. The van der Waals surface area contributed by atoms with Gasteiger partial charge in [-0.1, -0.05) is 32.0 Å². The number of nitrogens with zero attached hydrogens (tertiary/aromatic N) is 1. The molecule has 1 rings (SSSR count). The van der Waals surface area contributed by atoms with Crippen molar-refractivity contribution in [1.29, 1.82) is 0 Å².